The quantitative estimate of drug-likeness (QED) is 0.376. The number of thiophene rings is 1. The summed E-state index contributed by atoms with van der Waals surface area (Å²) < 4.78 is 0. The van der Waals surface area contributed by atoms with Crippen LogP contribution in [0.2, 0.25) is 5.02 Å². The second kappa shape index (κ2) is 8.87. The van der Waals surface area contributed by atoms with E-state index >= 15 is 0 Å². The lowest BCUT2D eigenvalue weighted by Crippen LogP contribution is -2.35. The number of amides is 1. The van der Waals surface area contributed by atoms with E-state index in [2.05, 4.69) is 20.6 Å². The van der Waals surface area contributed by atoms with Crippen molar-refractivity contribution in [1.82, 2.24) is 20.2 Å². The van der Waals surface area contributed by atoms with Crippen molar-refractivity contribution in [3.8, 4) is 0 Å². The molecular formula is C22H22ClN5OS. The predicted octanol–water partition coefficient (Wildman–Crippen LogP) is 5.05. The van der Waals surface area contributed by atoms with E-state index < -0.39 is 0 Å². The number of anilines is 2. The summed E-state index contributed by atoms with van der Waals surface area (Å²) in [5.74, 6) is -0.126. The third kappa shape index (κ3) is 4.48. The number of carbonyl (C=O) groups is 1. The third-order valence-corrected chi connectivity index (χ3v) is 5.85. The Morgan fingerprint density at radius 3 is 2.90 bits per heavy atom. The van der Waals surface area contributed by atoms with Gasteiger partial charge in [0.25, 0.3) is 5.91 Å². The van der Waals surface area contributed by atoms with Crippen molar-refractivity contribution in [1.29, 1.82) is 0 Å². The standard InChI is InChI=1S/C22H22ClN5OS/c1-28(2)13-19(14-4-3-5-15(23)12-14)27-22(29)20-18(8-11-30-20)26-17-7-10-25-21-16(17)6-9-24-21/h3-12,19H,13H2,1-2H3,(H,27,29)(H2,24,25,26). The molecule has 1 amide bonds. The summed E-state index contributed by atoms with van der Waals surface area (Å²) in [6.45, 7) is 0.661. The first-order valence-corrected chi connectivity index (χ1v) is 10.7. The first-order chi connectivity index (χ1) is 14.5. The number of fused-ring (bicyclic) bond motifs is 1. The summed E-state index contributed by atoms with van der Waals surface area (Å²) in [5, 5.41) is 10.1. The molecule has 0 aliphatic heterocycles. The fourth-order valence-electron chi connectivity index (χ4n) is 3.35. The molecule has 3 N–H and O–H groups in total. The van der Waals surface area contributed by atoms with Gasteiger partial charge >= 0.3 is 0 Å². The van der Waals surface area contributed by atoms with Gasteiger partial charge in [0.2, 0.25) is 0 Å². The minimum absolute atomic E-state index is 0.126. The van der Waals surface area contributed by atoms with E-state index in [-0.39, 0.29) is 11.9 Å². The maximum Gasteiger partial charge on any atom is 0.264 e. The third-order valence-electron chi connectivity index (χ3n) is 4.71. The molecule has 1 unspecified atom stereocenters. The Labute approximate surface area is 183 Å². The molecule has 154 valence electrons. The minimum atomic E-state index is -0.182. The van der Waals surface area contributed by atoms with E-state index in [1.165, 1.54) is 11.3 Å². The van der Waals surface area contributed by atoms with Gasteiger partial charge in [-0.1, -0.05) is 23.7 Å². The highest BCUT2D eigenvalue weighted by molar-refractivity contribution is 7.12. The van der Waals surface area contributed by atoms with Crippen molar-refractivity contribution in [2.45, 2.75) is 6.04 Å². The Morgan fingerprint density at radius 1 is 1.23 bits per heavy atom. The lowest BCUT2D eigenvalue weighted by molar-refractivity contribution is 0.0935. The first kappa shape index (κ1) is 20.4. The number of H-pyrrole nitrogens is 1. The van der Waals surface area contributed by atoms with Crippen LogP contribution in [0.4, 0.5) is 11.4 Å². The van der Waals surface area contributed by atoms with Crippen molar-refractivity contribution >= 4 is 51.3 Å². The highest BCUT2D eigenvalue weighted by Gasteiger charge is 2.20. The van der Waals surface area contributed by atoms with E-state index in [0.717, 1.165) is 28.0 Å². The second-order valence-electron chi connectivity index (χ2n) is 7.23. The SMILES string of the molecule is CN(C)CC(NC(=O)c1sccc1Nc1ccnc2[nH]ccc12)c1cccc(Cl)c1. The second-order valence-corrected chi connectivity index (χ2v) is 8.58. The number of hydrogen-bond acceptors (Lipinski definition) is 5. The molecule has 0 saturated heterocycles. The van der Waals surface area contributed by atoms with Crippen LogP contribution in [-0.4, -0.2) is 41.4 Å². The normalized spacial score (nSPS) is 12.3. The van der Waals surface area contributed by atoms with Crippen LogP contribution in [0.1, 0.15) is 21.3 Å². The Bertz CT molecular complexity index is 1170. The van der Waals surface area contributed by atoms with Crippen LogP contribution >= 0.6 is 22.9 Å². The van der Waals surface area contributed by atoms with Gasteiger partial charge in [0, 0.05) is 29.3 Å². The van der Waals surface area contributed by atoms with Gasteiger partial charge in [-0.05, 0) is 55.4 Å². The lowest BCUT2D eigenvalue weighted by atomic mass is 10.1. The number of carbonyl (C=O) groups excluding carboxylic acids is 1. The van der Waals surface area contributed by atoms with Gasteiger partial charge in [0.1, 0.15) is 10.5 Å². The minimum Gasteiger partial charge on any atom is -0.354 e. The number of aromatic amines is 1. The molecule has 0 radical (unpaired) electrons. The highest BCUT2D eigenvalue weighted by Crippen LogP contribution is 2.30. The number of hydrogen-bond donors (Lipinski definition) is 3. The number of pyridine rings is 1. The zero-order chi connectivity index (χ0) is 21.1. The number of halogens is 1. The maximum atomic E-state index is 13.2. The van der Waals surface area contributed by atoms with Gasteiger partial charge in [-0.25, -0.2) is 4.98 Å². The van der Waals surface area contributed by atoms with Crippen LogP contribution in [0.15, 0.2) is 60.2 Å². The molecular weight excluding hydrogens is 418 g/mol. The molecule has 0 aliphatic carbocycles. The van der Waals surface area contributed by atoms with E-state index in [4.69, 9.17) is 11.6 Å². The number of nitrogens with one attached hydrogen (secondary N) is 3. The summed E-state index contributed by atoms with van der Waals surface area (Å²) in [5.41, 5.74) is 3.43. The van der Waals surface area contributed by atoms with Crippen LogP contribution in [0.25, 0.3) is 11.0 Å². The van der Waals surface area contributed by atoms with Gasteiger partial charge in [-0.15, -0.1) is 11.3 Å². The molecule has 4 aromatic rings. The molecule has 4 rings (SSSR count). The van der Waals surface area contributed by atoms with Crippen LogP contribution < -0.4 is 10.6 Å². The summed E-state index contributed by atoms with van der Waals surface area (Å²) in [7, 11) is 3.96. The number of aromatic nitrogens is 2. The zero-order valence-electron chi connectivity index (χ0n) is 16.6. The number of rotatable bonds is 7. The molecule has 0 spiro atoms. The van der Waals surface area contributed by atoms with Gasteiger partial charge in [0.15, 0.2) is 0 Å². The topological polar surface area (TPSA) is 73.1 Å². The van der Waals surface area contributed by atoms with Crippen molar-refractivity contribution in [3.05, 3.63) is 75.7 Å². The van der Waals surface area contributed by atoms with Gasteiger partial charge in [0.05, 0.1) is 17.4 Å². The zero-order valence-corrected chi connectivity index (χ0v) is 18.2. The van der Waals surface area contributed by atoms with Crippen LogP contribution in [0.5, 0.6) is 0 Å². The summed E-state index contributed by atoms with van der Waals surface area (Å²) in [6, 6.07) is 13.2. The summed E-state index contributed by atoms with van der Waals surface area (Å²) in [4.78, 5) is 23.2. The Morgan fingerprint density at radius 2 is 2.10 bits per heavy atom. The molecule has 0 bridgehead atoms. The molecule has 0 saturated carbocycles. The number of likely N-dealkylation sites (N-methyl/N-ethyl adjacent to an activating group) is 1. The molecule has 1 atom stereocenters. The molecule has 3 aromatic heterocycles. The predicted molar refractivity (Wildman–Crippen MR) is 124 cm³/mol. The largest absolute Gasteiger partial charge is 0.354 e. The van der Waals surface area contributed by atoms with E-state index in [9.17, 15) is 4.79 Å². The van der Waals surface area contributed by atoms with Crippen LogP contribution in [0, 0.1) is 0 Å². The van der Waals surface area contributed by atoms with Gasteiger partial charge < -0.3 is 20.5 Å². The molecule has 1 aromatic carbocycles. The molecule has 0 fully saturated rings. The van der Waals surface area contributed by atoms with Crippen LogP contribution in [-0.2, 0) is 0 Å². The summed E-state index contributed by atoms with van der Waals surface area (Å²) in [6.07, 6.45) is 3.58. The van der Waals surface area contributed by atoms with Gasteiger partial charge in [-0.3, -0.25) is 4.79 Å². The van der Waals surface area contributed by atoms with Crippen molar-refractivity contribution < 1.29 is 4.79 Å². The number of nitrogens with zero attached hydrogens (tertiary/aromatic N) is 2. The average molecular weight is 440 g/mol. The Balaban J connectivity index is 1.57. The monoisotopic (exact) mass is 439 g/mol. The van der Waals surface area contributed by atoms with E-state index in [1.807, 2.05) is 73.0 Å². The molecule has 8 heteroatoms. The van der Waals surface area contributed by atoms with E-state index in [0.29, 0.717) is 16.4 Å². The molecule has 30 heavy (non-hydrogen) atoms. The van der Waals surface area contributed by atoms with Crippen molar-refractivity contribution in [3.63, 3.8) is 0 Å². The Kier molecular flexibility index (Phi) is 6.03. The van der Waals surface area contributed by atoms with Gasteiger partial charge in [-0.2, -0.15) is 0 Å². The molecule has 3 heterocycles. The highest BCUT2D eigenvalue weighted by atomic mass is 35.5. The fourth-order valence-corrected chi connectivity index (χ4v) is 4.30. The molecule has 0 aliphatic rings. The van der Waals surface area contributed by atoms with Crippen molar-refractivity contribution in [2.24, 2.45) is 0 Å². The Hall–Kier alpha value is -2.87. The van der Waals surface area contributed by atoms with Crippen molar-refractivity contribution in [2.75, 3.05) is 26.0 Å². The smallest absolute Gasteiger partial charge is 0.264 e. The average Bonchev–Trinajstić information content (AvgIpc) is 3.37. The van der Waals surface area contributed by atoms with E-state index in [1.54, 1.807) is 6.20 Å². The maximum absolute atomic E-state index is 13.2. The lowest BCUT2D eigenvalue weighted by Gasteiger charge is -2.23. The molecule has 6 nitrogen and oxygen atoms in total. The first-order valence-electron chi connectivity index (χ1n) is 9.49. The van der Waals surface area contributed by atoms with Crippen LogP contribution in [0.3, 0.4) is 0 Å². The number of benzene rings is 1. The fraction of sp³-hybridized carbons (Fsp3) is 0.182. The summed E-state index contributed by atoms with van der Waals surface area (Å²) >= 11 is 7.58.